The van der Waals surface area contributed by atoms with Gasteiger partial charge in [0.15, 0.2) is 5.78 Å². The van der Waals surface area contributed by atoms with Crippen LogP contribution in [-0.4, -0.2) is 44.7 Å². The Morgan fingerprint density at radius 3 is 2.27 bits per heavy atom. The van der Waals surface area contributed by atoms with Crippen LogP contribution in [0.2, 0.25) is 0 Å². The van der Waals surface area contributed by atoms with Gasteiger partial charge in [-0.25, -0.2) is 14.8 Å². The number of carboxylic acid groups (broad SMARTS) is 1. The lowest BCUT2D eigenvalue weighted by atomic mass is 10.0. The van der Waals surface area contributed by atoms with E-state index in [0.29, 0.717) is 17.6 Å². The number of allylic oxidation sites excluding steroid dienone is 1. The fraction of sp³-hybridized carbons (Fsp3) is 0.259. The molecule has 0 saturated carbocycles. The zero-order valence-corrected chi connectivity index (χ0v) is 20.9. The van der Waals surface area contributed by atoms with Crippen molar-refractivity contribution in [1.82, 2.24) is 15.0 Å². The van der Waals surface area contributed by atoms with Crippen molar-refractivity contribution in [2.75, 3.05) is 17.7 Å². The average Bonchev–Trinajstić information content (AvgIpc) is 2.84. The number of carboxylic acids is 1. The largest absolute Gasteiger partial charge is 0.481 e. The van der Waals surface area contributed by atoms with E-state index in [4.69, 9.17) is 9.84 Å². The Morgan fingerprint density at radius 1 is 1.03 bits per heavy atom. The van der Waals surface area contributed by atoms with E-state index in [-0.39, 0.29) is 19.6 Å². The predicted octanol–water partition coefficient (Wildman–Crippen LogP) is 4.89. The molecule has 10 nitrogen and oxygen atoms in total. The number of hydrogen-bond donors (Lipinski definition) is 3. The molecule has 196 valence electrons. The number of nitrogens with one attached hydrogen (secondary N) is 2. The van der Waals surface area contributed by atoms with Gasteiger partial charge in [0, 0.05) is 43.1 Å². The SMILES string of the molecule is C.C=CC(=O)Cc1cc(C)ccc1Nc1nc(Nc2cc(OC)ncc2C)ncc1C.CC(=O)C(=O)O. The first-order valence-corrected chi connectivity index (χ1v) is 10.9. The van der Waals surface area contributed by atoms with Gasteiger partial charge in [0.2, 0.25) is 17.6 Å². The highest BCUT2D eigenvalue weighted by Crippen LogP contribution is 2.26. The van der Waals surface area contributed by atoms with Crippen LogP contribution in [0.1, 0.15) is 36.6 Å². The molecule has 0 aliphatic heterocycles. The van der Waals surface area contributed by atoms with Gasteiger partial charge in [0.1, 0.15) is 5.82 Å². The average molecular weight is 508 g/mol. The zero-order chi connectivity index (χ0) is 26.8. The highest BCUT2D eigenvalue weighted by molar-refractivity contribution is 6.31. The van der Waals surface area contributed by atoms with Crippen LogP contribution < -0.4 is 15.4 Å². The summed E-state index contributed by atoms with van der Waals surface area (Å²) in [6, 6.07) is 7.73. The van der Waals surface area contributed by atoms with E-state index >= 15 is 0 Å². The molecule has 0 amide bonds. The van der Waals surface area contributed by atoms with Crippen LogP contribution in [0.3, 0.4) is 0 Å². The third kappa shape index (κ3) is 9.17. The number of aliphatic carboxylic acids is 1. The molecule has 0 atom stereocenters. The lowest BCUT2D eigenvalue weighted by Gasteiger charge is -2.15. The Labute approximate surface area is 216 Å². The Morgan fingerprint density at radius 2 is 1.68 bits per heavy atom. The highest BCUT2D eigenvalue weighted by atomic mass is 16.5. The predicted molar refractivity (Wildman–Crippen MR) is 144 cm³/mol. The Bertz CT molecular complexity index is 1280. The first-order valence-electron chi connectivity index (χ1n) is 10.9. The van der Waals surface area contributed by atoms with Gasteiger partial charge in [0.25, 0.3) is 0 Å². The van der Waals surface area contributed by atoms with Crippen LogP contribution in [-0.2, 0) is 20.8 Å². The molecule has 0 fully saturated rings. The minimum absolute atomic E-state index is 0. The summed E-state index contributed by atoms with van der Waals surface area (Å²) in [6.07, 6.45) is 5.09. The van der Waals surface area contributed by atoms with E-state index in [0.717, 1.165) is 40.6 Å². The number of ether oxygens (including phenoxy) is 1. The van der Waals surface area contributed by atoms with E-state index in [1.165, 1.54) is 6.08 Å². The standard InChI is InChI=1S/C23H25N5O2.C3H4O3.CH4/c1-6-18(29)10-17-9-14(2)7-8-19(17)26-22-16(4)13-25-23(28-22)27-20-11-21(30-5)24-12-15(20)3;1-2(4)3(5)6;/h6-9,11-13H,1,10H2,2-5H3,(H2,24,25,26,27,28);1H3,(H,5,6);1H4. The maximum atomic E-state index is 11.9. The molecule has 0 aliphatic rings. The minimum atomic E-state index is -1.38. The molecular weight excluding hydrogens is 474 g/mol. The molecule has 0 saturated heterocycles. The van der Waals surface area contributed by atoms with Gasteiger partial charge in [-0.1, -0.05) is 31.7 Å². The third-order valence-corrected chi connectivity index (χ3v) is 4.91. The summed E-state index contributed by atoms with van der Waals surface area (Å²) in [5, 5.41) is 14.2. The minimum Gasteiger partial charge on any atom is -0.481 e. The highest BCUT2D eigenvalue weighted by Gasteiger charge is 2.11. The van der Waals surface area contributed by atoms with Gasteiger partial charge in [-0.15, -0.1) is 0 Å². The number of ketones is 2. The second kappa shape index (κ2) is 14.1. The number of hydrogen-bond acceptors (Lipinski definition) is 9. The Balaban J connectivity index is 0.000000876. The number of benzene rings is 1. The van der Waals surface area contributed by atoms with Crippen molar-refractivity contribution in [2.45, 2.75) is 41.5 Å². The number of methoxy groups -OCH3 is 1. The van der Waals surface area contributed by atoms with E-state index in [1.54, 1.807) is 25.6 Å². The number of carbonyl (C=O) groups is 3. The maximum Gasteiger partial charge on any atom is 0.371 e. The van der Waals surface area contributed by atoms with Crippen LogP contribution in [0.5, 0.6) is 5.88 Å². The summed E-state index contributed by atoms with van der Waals surface area (Å²) < 4.78 is 5.19. The Kier molecular flexibility index (Phi) is 11.6. The quantitative estimate of drug-likeness (QED) is 0.270. The van der Waals surface area contributed by atoms with Crippen LogP contribution in [0.4, 0.5) is 23.1 Å². The number of nitrogens with zero attached hydrogens (tertiary/aromatic N) is 3. The fourth-order valence-electron chi connectivity index (χ4n) is 2.88. The molecule has 37 heavy (non-hydrogen) atoms. The van der Waals surface area contributed by atoms with E-state index in [1.807, 2.05) is 39.0 Å². The van der Waals surface area contributed by atoms with Crippen LogP contribution in [0, 0.1) is 20.8 Å². The number of pyridine rings is 1. The number of rotatable bonds is 9. The first kappa shape index (κ1) is 30.4. The third-order valence-electron chi connectivity index (χ3n) is 4.91. The van der Waals surface area contributed by atoms with Gasteiger partial charge < -0.3 is 20.5 Å². The van der Waals surface area contributed by atoms with Crippen molar-refractivity contribution in [1.29, 1.82) is 0 Å². The van der Waals surface area contributed by atoms with Crippen molar-refractivity contribution in [3.05, 3.63) is 71.6 Å². The van der Waals surface area contributed by atoms with Crippen LogP contribution in [0.15, 0.2) is 49.3 Å². The van der Waals surface area contributed by atoms with Gasteiger partial charge >= 0.3 is 5.97 Å². The van der Waals surface area contributed by atoms with E-state index < -0.39 is 11.8 Å². The lowest BCUT2D eigenvalue weighted by Crippen LogP contribution is -2.07. The Hall–Kier alpha value is -4.60. The molecule has 10 heteroatoms. The van der Waals surface area contributed by atoms with Crippen molar-refractivity contribution in [2.24, 2.45) is 0 Å². The molecule has 1 aromatic carbocycles. The molecule has 0 radical (unpaired) electrons. The zero-order valence-electron chi connectivity index (χ0n) is 20.9. The summed E-state index contributed by atoms with van der Waals surface area (Å²) in [5.74, 6) is -0.639. The number of anilines is 4. The molecule has 0 bridgehead atoms. The van der Waals surface area contributed by atoms with Crippen LogP contribution in [0.25, 0.3) is 0 Å². The molecular formula is C27H33N5O5. The normalized spacial score (nSPS) is 9.65. The summed E-state index contributed by atoms with van der Waals surface area (Å²) in [4.78, 5) is 44.0. The molecule has 3 aromatic rings. The maximum absolute atomic E-state index is 11.9. The van der Waals surface area contributed by atoms with Crippen LogP contribution >= 0.6 is 0 Å². The topological polar surface area (TPSA) is 143 Å². The van der Waals surface area contributed by atoms with Gasteiger partial charge in [-0.3, -0.25) is 9.59 Å². The molecule has 2 aromatic heterocycles. The van der Waals surface area contributed by atoms with E-state index in [9.17, 15) is 14.4 Å². The molecule has 3 rings (SSSR count). The fourth-order valence-corrected chi connectivity index (χ4v) is 2.88. The van der Waals surface area contributed by atoms with Gasteiger partial charge in [-0.2, -0.15) is 4.98 Å². The summed E-state index contributed by atoms with van der Waals surface area (Å²) >= 11 is 0. The van der Waals surface area contributed by atoms with Crippen molar-refractivity contribution >= 4 is 40.7 Å². The van der Waals surface area contributed by atoms with E-state index in [2.05, 4.69) is 32.2 Å². The van der Waals surface area contributed by atoms with Gasteiger partial charge in [0.05, 0.1) is 12.8 Å². The number of aromatic nitrogens is 3. The van der Waals surface area contributed by atoms with Gasteiger partial charge in [-0.05, 0) is 44.0 Å². The van der Waals surface area contributed by atoms with Crippen molar-refractivity contribution in [3.8, 4) is 5.88 Å². The second-order valence-corrected chi connectivity index (χ2v) is 7.89. The molecule has 0 aliphatic carbocycles. The molecule has 2 heterocycles. The monoisotopic (exact) mass is 507 g/mol. The lowest BCUT2D eigenvalue weighted by molar-refractivity contribution is -0.148. The number of carbonyl (C=O) groups excluding carboxylic acids is 2. The molecule has 0 spiro atoms. The van der Waals surface area contributed by atoms with Crippen molar-refractivity contribution < 1.29 is 24.2 Å². The molecule has 3 N–H and O–H groups in total. The summed E-state index contributed by atoms with van der Waals surface area (Å²) in [6.45, 7) is 10.4. The first-order chi connectivity index (χ1) is 17.0. The van der Waals surface area contributed by atoms with Crippen molar-refractivity contribution in [3.63, 3.8) is 0 Å². The summed E-state index contributed by atoms with van der Waals surface area (Å²) in [5.41, 5.74) is 5.43. The molecule has 0 unspecified atom stereocenters. The number of Topliss-reactive ketones (excluding diaryl/α,β-unsaturated/α-hetero) is 1. The smallest absolute Gasteiger partial charge is 0.371 e. The summed E-state index contributed by atoms with van der Waals surface area (Å²) in [7, 11) is 1.57. The second-order valence-electron chi connectivity index (χ2n) is 7.89. The number of aryl methyl sites for hydroxylation is 3.